The number of nitrogens with one attached hydrogen (secondary N) is 1. The van der Waals surface area contributed by atoms with Gasteiger partial charge in [-0.25, -0.2) is 13.6 Å². The van der Waals surface area contributed by atoms with Crippen LogP contribution in [0.5, 0.6) is 0 Å². The van der Waals surface area contributed by atoms with E-state index < -0.39 is 17.2 Å². The third-order valence-electron chi connectivity index (χ3n) is 6.97. The quantitative estimate of drug-likeness (QED) is 0.628. The minimum absolute atomic E-state index is 0.00594. The standard InChI is InChI=1S/C25H25F2N5O2/c1-17(33)30-10-8-25(9-11-30)16-31(22-5-2-18(3-6-22)20-13-28-29-14-20)24(34)32(25)15-19-12-21(26)4-7-23(19)27/h2-7,12-14H,8-11,15-16H2,1H3,(H,28,29). The van der Waals surface area contributed by atoms with Crippen molar-refractivity contribution in [2.24, 2.45) is 0 Å². The van der Waals surface area contributed by atoms with Gasteiger partial charge in [0.05, 0.1) is 24.8 Å². The normalized spacial score (nSPS) is 17.6. The Kier molecular flexibility index (Phi) is 5.55. The number of carbonyl (C=O) groups excluding carboxylic acids is 2. The molecule has 34 heavy (non-hydrogen) atoms. The number of nitrogens with zero attached hydrogens (tertiary/aromatic N) is 4. The lowest BCUT2D eigenvalue weighted by atomic mass is 9.86. The molecule has 3 amide bonds. The molecule has 0 atom stereocenters. The van der Waals surface area contributed by atoms with Crippen LogP contribution in [-0.2, 0) is 11.3 Å². The van der Waals surface area contributed by atoms with Crippen molar-refractivity contribution in [1.82, 2.24) is 20.0 Å². The third kappa shape index (κ3) is 3.91. The van der Waals surface area contributed by atoms with Crippen LogP contribution < -0.4 is 4.90 Å². The summed E-state index contributed by atoms with van der Waals surface area (Å²) in [4.78, 5) is 30.6. The molecule has 0 aliphatic carbocycles. The van der Waals surface area contributed by atoms with Crippen LogP contribution in [0.2, 0.25) is 0 Å². The molecule has 5 rings (SSSR count). The van der Waals surface area contributed by atoms with Crippen molar-refractivity contribution in [2.75, 3.05) is 24.5 Å². The molecule has 2 aromatic carbocycles. The van der Waals surface area contributed by atoms with Crippen LogP contribution in [-0.4, -0.2) is 57.1 Å². The smallest absolute Gasteiger partial charge is 0.325 e. The van der Waals surface area contributed by atoms with Gasteiger partial charge in [0, 0.05) is 43.0 Å². The minimum atomic E-state index is -0.578. The van der Waals surface area contributed by atoms with Gasteiger partial charge in [-0.05, 0) is 48.7 Å². The summed E-state index contributed by atoms with van der Waals surface area (Å²) in [5.41, 5.74) is 2.19. The molecule has 2 fully saturated rings. The largest absolute Gasteiger partial charge is 0.343 e. The predicted molar refractivity (Wildman–Crippen MR) is 123 cm³/mol. The van der Waals surface area contributed by atoms with Crippen LogP contribution in [0.4, 0.5) is 19.3 Å². The van der Waals surface area contributed by atoms with E-state index in [2.05, 4.69) is 10.2 Å². The minimum Gasteiger partial charge on any atom is -0.343 e. The lowest BCUT2D eigenvalue weighted by molar-refractivity contribution is -0.131. The van der Waals surface area contributed by atoms with Crippen LogP contribution in [0.3, 0.4) is 0 Å². The van der Waals surface area contributed by atoms with E-state index in [0.717, 1.165) is 35.0 Å². The Hall–Kier alpha value is -3.75. The van der Waals surface area contributed by atoms with Crippen LogP contribution in [0.15, 0.2) is 54.9 Å². The van der Waals surface area contributed by atoms with E-state index >= 15 is 0 Å². The van der Waals surface area contributed by atoms with Crippen molar-refractivity contribution in [3.63, 3.8) is 0 Å². The maximum atomic E-state index is 14.5. The summed E-state index contributed by atoms with van der Waals surface area (Å²) in [6.07, 6.45) is 4.66. The van der Waals surface area contributed by atoms with E-state index in [1.807, 2.05) is 24.3 Å². The molecular formula is C25H25F2N5O2. The molecule has 1 spiro atoms. The van der Waals surface area contributed by atoms with Crippen LogP contribution in [0, 0.1) is 11.6 Å². The molecule has 3 heterocycles. The molecule has 0 unspecified atom stereocenters. The van der Waals surface area contributed by atoms with Gasteiger partial charge in [0.2, 0.25) is 5.91 Å². The van der Waals surface area contributed by atoms with Crippen molar-refractivity contribution in [1.29, 1.82) is 0 Å². The number of amides is 3. The highest BCUT2D eigenvalue weighted by Crippen LogP contribution is 2.40. The van der Waals surface area contributed by atoms with Crippen molar-refractivity contribution in [3.05, 3.63) is 72.1 Å². The molecule has 1 N–H and O–H groups in total. The summed E-state index contributed by atoms with van der Waals surface area (Å²) < 4.78 is 28.4. The van der Waals surface area contributed by atoms with Gasteiger partial charge in [-0.1, -0.05) is 12.1 Å². The third-order valence-corrected chi connectivity index (χ3v) is 6.97. The molecule has 0 radical (unpaired) electrons. The number of anilines is 1. The Bertz CT molecular complexity index is 1200. The second-order valence-electron chi connectivity index (χ2n) is 8.95. The highest BCUT2D eigenvalue weighted by atomic mass is 19.1. The zero-order valence-corrected chi connectivity index (χ0v) is 18.8. The number of H-pyrrole nitrogens is 1. The lowest BCUT2D eigenvalue weighted by Crippen LogP contribution is -2.54. The first-order chi connectivity index (χ1) is 16.4. The molecular weight excluding hydrogens is 440 g/mol. The first-order valence-corrected chi connectivity index (χ1v) is 11.2. The number of aromatic nitrogens is 2. The highest BCUT2D eigenvalue weighted by molar-refractivity contribution is 5.95. The summed E-state index contributed by atoms with van der Waals surface area (Å²) in [7, 11) is 0. The summed E-state index contributed by atoms with van der Waals surface area (Å²) in [6, 6.07) is 10.7. The van der Waals surface area contributed by atoms with Crippen LogP contribution >= 0.6 is 0 Å². The van der Waals surface area contributed by atoms with Crippen molar-refractivity contribution < 1.29 is 18.4 Å². The van der Waals surface area contributed by atoms with E-state index in [4.69, 9.17) is 0 Å². The lowest BCUT2D eigenvalue weighted by Gasteiger charge is -2.43. The van der Waals surface area contributed by atoms with Gasteiger partial charge in [0.1, 0.15) is 11.6 Å². The van der Waals surface area contributed by atoms with Gasteiger partial charge in [-0.3, -0.25) is 14.8 Å². The predicted octanol–water partition coefficient (Wildman–Crippen LogP) is 4.18. The zero-order chi connectivity index (χ0) is 23.9. The molecule has 0 saturated carbocycles. The molecule has 0 bridgehead atoms. The number of urea groups is 1. The molecule has 2 saturated heterocycles. The molecule has 7 nitrogen and oxygen atoms in total. The van der Waals surface area contributed by atoms with Gasteiger partial charge in [-0.15, -0.1) is 0 Å². The van der Waals surface area contributed by atoms with Crippen molar-refractivity contribution in [2.45, 2.75) is 31.8 Å². The van der Waals surface area contributed by atoms with Crippen LogP contribution in [0.1, 0.15) is 25.3 Å². The van der Waals surface area contributed by atoms with E-state index in [9.17, 15) is 18.4 Å². The molecule has 3 aromatic rings. The second kappa shape index (κ2) is 8.55. The van der Waals surface area contributed by atoms with E-state index in [1.165, 1.54) is 6.92 Å². The molecule has 176 valence electrons. The monoisotopic (exact) mass is 465 g/mol. The molecule has 2 aliphatic rings. The summed E-state index contributed by atoms with van der Waals surface area (Å²) in [5.74, 6) is -1.10. The highest BCUT2D eigenvalue weighted by Gasteiger charge is 2.51. The van der Waals surface area contributed by atoms with E-state index in [1.54, 1.807) is 27.1 Å². The fraction of sp³-hybridized carbons (Fsp3) is 0.320. The maximum absolute atomic E-state index is 14.5. The van der Waals surface area contributed by atoms with Crippen molar-refractivity contribution >= 4 is 17.6 Å². The van der Waals surface area contributed by atoms with Crippen LogP contribution in [0.25, 0.3) is 11.1 Å². The Labute approximate surface area is 196 Å². The van der Waals surface area contributed by atoms with E-state index in [0.29, 0.717) is 32.5 Å². The van der Waals surface area contributed by atoms with Gasteiger partial charge in [0.25, 0.3) is 0 Å². The number of piperidine rings is 1. The SMILES string of the molecule is CC(=O)N1CCC2(CC1)CN(c1ccc(-c3cn[nH]c3)cc1)C(=O)N2Cc1cc(F)ccc1F. The van der Waals surface area contributed by atoms with Gasteiger partial charge in [-0.2, -0.15) is 5.10 Å². The van der Waals surface area contributed by atoms with E-state index in [-0.39, 0.29) is 24.0 Å². The number of rotatable bonds is 4. The maximum Gasteiger partial charge on any atom is 0.325 e. The molecule has 9 heteroatoms. The average Bonchev–Trinajstić information content (AvgIpc) is 3.46. The topological polar surface area (TPSA) is 72.5 Å². The molecule has 1 aromatic heterocycles. The number of hydrogen-bond donors (Lipinski definition) is 1. The number of hydrogen-bond acceptors (Lipinski definition) is 3. The molecule has 2 aliphatic heterocycles. The second-order valence-corrected chi connectivity index (χ2v) is 8.95. The number of carbonyl (C=O) groups is 2. The number of benzene rings is 2. The Morgan fingerprint density at radius 1 is 1.09 bits per heavy atom. The van der Waals surface area contributed by atoms with Gasteiger partial charge >= 0.3 is 6.03 Å². The summed E-state index contributed by atoms with van der Waals surface area (Å²) >= 11 is 0. The zero-order valence-electron chi connectivity index (χ0n) is 18.8. The Balaban J connectivity index is 1.46. The summed E-state index contributed by atoms with van der Waals surface area (Å²) in [5, 5.41) is 6.75. The number of aromatic amines is 1. The van der Waals surface area contributed by atoms with Gasteiger partial charge < -0.3 is 9.80 Å². The average molecular weight is 466 g/mol. The first-order valence-electron chi connectivity index (χ1n) is 11.2. The fourth-order valence-corrected chi connectivity index (χ4v) is 4.98. The number of likely N-dealkylation sites (tertiary alicyclic amines) is 1. The Morgan fingerprint density at radius 2 is 1.82 bits per heavy atom. The fourth-order valence-electron chi connectivity index (χ4n) is 4.98. The Morgan fingerprint density at radius 3 is 2.47 bits per heavy atom. The first kappa shape index (κ1) is 22.1. The number of halogens is 2. The van der Waals surface area contributed by atoms with Gasteiger partial charge in [0.15, 0.2) is 0 Å². The summed E-state index contributed by atoms with van der Waals surface area (Å²) in [6.45, 7) is 2.94. The van der Waals surface area contributed by atoms with Crippen molar-refractivity contribution in [3.8, 4) is 11.1 Å².